The molecule has 7 heteroatoms. The summed E-state index contributed by atoms with van der Waals surface area (Å²) < 4.78 is 10.7. The first-order valence-electron chi connectivity index (χ1n) is 8.24. The van der Waals surface area contributed by atoms with E-state index in [4.69, 9.17) is 9.47 Å². The van der Waals surface area contributed by atoms with Crippen molar-refractivity contribution in [3.05, 3.63) is 12.3 Å². The van der Waals surface area contributed by atoms with E-state index >= 15 is 0 Å². The van der Waals surface area contributed by atoms with Gasteiger partial charge >= 0.3 is 0 Å². The monoisotopic (exact) mass is 342 g/mol. The summed E-state index contributed by atoms with van der Waals surface area (Å²) >= 11 is 0. The van der Waals surface area contributed by atoms with Gasteiger partial charge in [0, 0.05) is 38.0 Å². The zero-order valence-corrected chi connectivity index (χ0v) is 14.8. The minimum atomic E-state index is -0.138. The molecular weight excluding hydrogens is 312 g/mol. The number of carbonyl (C=O) groups excluding carboxylic acids is 3. The third-order valence-corrected chi connectivity index (χ3v) is 3.04. The number of hydrogen-bond donors (Lipinski definition) is 2. The van der Waals surface area contributed by atoms with Crippen LogP contribution in [-0.2, 0) is 23.9 Å². The molecule has 0 aromatic carbocycles. The van der Waals surface area contributed by atoms with Crippen molar-refractivity contribution in [1.82, 2.24) is 10.6 Å². The lowest BCUT2D eigenvalue weighted by Gasteiger charge is -2.10. The zero-order chi connectivity index (χ0) is 18.2. The number of amides is 1. The fourth-order valence-electron chi connectivity index (χ4n) is 1.68. The number of nitrogens with one attached hydrogen (secondary N) is 2. The van der Waals surface area contributed by atoms with Crippen LogP contribution in [0.15, 0.2) is 12.3 Å². The van der Waals surface area contributed by atoms with Gasteiger partial charge in [0.15, 0.2) is 0 Å². The SMILES string of the molecule is C=C(CCC(C)=O)NCCOCCOCCNC(=O)CCC(C)=O. The number of allylic oxidation sites excluding steroid dienone is 1. The second-order valence-corrected chi connectivity index (χ2v) is 5.51. The summed E-state index contributed by atoms with van der Waals surface area (Å²) in [7, 11) is 0. The van der Waals surface area contributed by atoms with Gasteiger partial charge in [-0.05, 0) is 20.3 Å². The highest BCUT2D eigenvalue weighted by molar-refractivity contribution is 5.83. The lowest BCUT2D eigenvalue weighted by Crippen LogP contribution is -2.27. The Kier molecular flexibility index (Phi) is 13.8. The molecule has 0 rings (SSSR count). The summed E-state index contributed by atoms with van der Waals surface area (Å²) in [6.07, 6.45) is 1.65. The topological polar surface area (TPSA) is 93.7 Å². The van der Waals surface area contributed by atoms with Crippen LogP contribution in [0.4, 0.5) is 0 Å². The Labute approximate surface area is 144 Å². The molecule has 0 aliphatic heterocycles. The van der Waals surface area contributed by atoms with Gasteiger partial charge in [0.25, 0.3) is 0 Å². The molecule has 0 bridgehead atoms. The van der Waals surface area contributed by atoms with Crippen molar-refractivity contribution in [3.8, 4) is 0 Å². The van der Waals surface area contributed by atoms with Crippen molar-refractivity contribution in [2.45, 2.75) is 39.5 Å². The highest BCUT2D eigenvalue weighted by atomic mass is 16.5. The molecule has 0 aromatic rings. The molecule has 1 amide bonds. The van der Waals surface area contributed by atoms with Gasteiger partial charge < -0.3 is 29.7 Å². The highest BCUT2D eigenvalue weighted by Gasteiger charge is 2.02. The summed E-state index contributed by atoms with van der Waals surface area (Å²) in [5.41, 5.74) is 0.838. The summed E-state index contributed by atoms with van der Waals surface area (Å²) in [5.74, 6) is 0.0259. The zero-order valence-electron chi connectivity index (χ0n) is 14.8. The Morgan fingerprint density at radius 1 is 0.750 bits per heavy atom. The minimum absolute atomic E-state index is 0.00969. The molecule has 24 heavy (non-hydrogen) atoms. The van der Waals surface area contributed by atoms with E-state index in [1.54, 1.807) is 6.92 Å². The smallest absolute Gasteiger partial charge is 0.220 e. The van der Waals surface area contributed by atoms with Crippen LogP contribution < -0.4 is 10.6 Å². The van der Waals surface area contributed by atoms with Crippen molar-refractivity contribution >= 4 is 17.5 Å². The predicted molar refractivity (Wildman–Crippen MR) is 91.6 cm³/mol. The number of carbonyl (C=O) groups is 3. The number of ether oxygens (including phenoxy) is 2. The maximum atomic E-state index is 11.3. The number of rotatable bonds is 16. The van der Waals surface area contributed by atoms with Gasteiger partial charge in [-0.2, -0.15) is 0 Å². The molecule has 0 heterocycles. The van der Waals surface area contributed by atoms with Gasteiger partial charge in [0.1, 0.15) is 11.6 Å². The third kappa shape index (κ3) is 16.6. The molecule has 0 atom stereocenters. The van der Waals surface area contributed by atoms with Crippen LogP contribution in [0.25, 0.3) is 0 Å². The van der Waals surface area contributed by atoms with E-state index in [9.17, 15) is 14.4 Å². The van der Waals surface area contributed by atoms with Crippen LogP contribution >= 0.6 is 0 Å². The first kappa shape index (κ1) is 22.3. The molecule has 138 valence electrons. The molecule has 0 unspecified atom stereocenters. The number of ketones is 2. The average Bonchev–Trinajstić information content (AvgIpc) is 2.52. The molecule has 0 aliphatic rings. The molecule has 2 N–H and O–H groups in total. The Balaban J connectivity index is 3.28. The van der Waals surface area contributed by atoms with Crippen LogP contribution in [0.2, 0.25) is 0 Å². The van der Waals surface area contributed by atoms with Gasteiger partial charge in [0.2, 0.25) is 5.91 Å². The fraction of sp³-hybridized carbons (Fsp3) is 0.706. The summed E-state index contributed by atoms with van der Waals surface area (Å²) in [5, 5.41) is 5.78. The van der Waals surface area contributed by atoms with E-state index in [1.165, 1.54) is 6.92 Å². The molecule has 0 saturated carbocycles. The standard InChI is InChI=1S/C17H30N2O5/c1-14(4-5-15(2)20)18-8-10-23-12-13-24-11-9-19-17(22)7-6-16(3)21/h18H,1,4-13H2,2-3H3,(H,19,22). The van der Waals surface area contributed by atoms with E-state index in [2.05, 4.69) is 17.2 Å². The Bertz CT molecular complexity index is 372. The van der Waals surface area contributed by atoms with Gasteiger partial charge in [0.05, 0.1) is 26.4 Å². The van der Waals surface area contributed by atoms with Crippen molar-refractivity contribution in [2.24, 2.45) is 0 Å². The van der Waals surface area contributed by atoms with E-state index < -0.39 is 0 Å². The van der Waals surface area contributed by atoms with Crippen molar-refractivity contribution in [1.29, 1.82) is 0 Å². The van der Waals surface area contributed by atoms with E-state index in [0.717, 1.165) is 5.70 Å². The van der Waals surface area contributed by atoms with Gasteiger partial charge in [-0.3, -0.25) is 4.79 Å². The van der Waals surface area contributed by atoms with Crippen molar-refractivity contribution in [3.63, 3.8) is 0 Å². The normalized spacial score (nSPS) is 10.2. The summed E-state index contributed by atoms with van der Waals surface area (Å²) in [6.45, 7) is 9.80. The molecule has 0 aliphatic carbocycles. The van der Waals surface area contributed by atoms with Crippen LogP contribution in [0.5, 0.6) is 0 Å². The minimum Gasteiger partial charge on any atom is -0.386 e. The molecule has 0 radical (unpaired) electrons. The van der Waals surface area contributed by atoms with Gasteiger partial charge in [-0.1, -0.05) is 6.58 Å². The summed E-state index contributed by atoms with van der Waals surface area (Å²) in [4.78, 5) is 32.9. The van der Waals surface area contributed by atoms with Gasteiger partial charge in [-0.15, -0.1) is 0 Å². The largest absolute Gasteiger partial charge is 0.386 e. The molecular formula is C17H30N2O5. The Morgan fingerprint density at radius 3 is 1.79 bits per heavy atom. The van der Waals surface area contributed by atoms with Crippen molar-refractivity contribution < 1.29 is 23.9 Å². The average molecular weight is 342 g/mol. The number of Topliss-reactive ketones (excluding diaryl/α,β-unsaturated/α-hetero) is 2. The first-order valence-corrected chi connectivity index (χ1v) is 8.24. The second kappa shape index (κ2) is 14.8. The summed E-state index contributed by atoms with van der Waals surface area (Å²) in [6, 6.07) is 0. The predicted octanol–water partition coefficient (Wildman–Crippen LogP) is 0.978. The van der Waals surface area contributed by atoms with Crippen LogP contribution in [0.1, 0.15) is 39.5 Å². The van der Waals surface area contributed by atoms with Gasteiger partial charge in [-0.25, -0.2) is 0 Å². The van der Waals surface area contributed by atoms with E-state index in [-0.39, 0.29) is 30.3 Å². The third-order valence-electron chi connectivity index (χ3n) is 3.04. The van der Waals surface area contributed by atoms with Crippen LogP contribution in [0.3, 0.4) is 0 Å². The Morgan fingerprint density at radius 2 is 1.25 bits per heavy atom. The molecule has 0 aromatic heterocycles. The second-order valence-electron chi connectivity index (χ2n) is 5.51. The molecule has 0 spiro atoms. The quantitative estimate of drug-likeness (QED) is 0.406. The maximum Gasteiger partial charge on any atom is 0.220 e. The fourth-order valence-corrected chi connectivity index (χ4v) is 1.68. The van der Waals surface area contributed by atoms with Crippen LogP contribution in [0, 0.1) is 0 Å². The maximum absolute atomic E-state index is 11.3. The lowest BCUT2D eigenvalue weighted by molar-refractivity contribution is -0.124. The van der Waals surface area contributed by atoms with E-state index in [1.807, 2.05) is 0 Å². The van der Waals surface area contributed by atoms with E-state index in [0.29, 0.717) is 52.4 Å². The Hall–Kier alpha value is -1.73. The highest BCUT2D eigenvalue weighted by Crippen LogP contribution is 1.98. The first-order chi connectivity index (χ1) is 11.4. The van der Waals surface area contributed by atoms with Crippen molar-refractivity contribution in [2.75, 3.05) is 39.5 Å². The molecule has 0 saturated heterocycles. The lowest BCUT2D eigenvalue weighted by atomic mass is 10.2. The van der Waals surface area contributed by atoms with Crippen LogP contribution in [-0.4, -0.2) is 57.0 Å². The number of hydrogen-bond acceptors (Lipinski definition) is 6. The molecule has 7 nitrogen and oxygen atoms in total. The molecule has 0 fully saturated rings.